The molecule has 0 fully saturated rings. The van der Waals surface area contributed by atoms with Crippen molar-refractivity contribution < 1.29 is 18.3 Å². The number of ketones is 1. The predicted octanol–water partition coefficient (Wildman–Crippen LogP) is 5.35. The van der Waals surface area contributed by atoms with Crippen molar-refractivity contribution in [1.29, 1.82) is 0 Å². The molecule has 0 bridgehead atoms. The highest BCUT2D eigenvalue weighted by Crippen LogP contribution is 2.36. The van der Waals surface area contributed by atoms with Gasteiger partial charge in [-0.25, -0.2) is 4.98 Å². The number of aryl methyl sites for hydroxylation is 1. The average molecular weight is 477 g/mol. The Morgan fingerprint density at radius 1 is 1.41 bits per heavy atom. The first-order chi connectivity index (χ1) is 15.4. The molecule has 2 heterocycles. The van der Waals surface area contributed by atoms with Crippen molar-refractivity contribution >= 4 is 39.1 Å². The molecule has 0 unspecified atom stereocenters. The second-order valence-electron chi connectivity index (χ2n) is 7.75. The Hall–Kier alpha value is -2.52. The summed E-state index contributed by atoms with van der Waals surface area (Å²) in [5.74, 6) is 0.450. The average Bonchev–Trinajstić information content (AvgIpc) is 3.11. The molecule has 0 saturated carbocycles. The number of halogens is 2. The molecule has 1 aromatic carbocycles. The number of benzene rings is 1. The summed E-state index contributed by atoms with van der Waals surface area (Å²) < 4.78 is 30.5. The first kappa shape index (κ1) is 22.7. The SMILES string of the molecule is C=CCn1c(SCC(=O)c2ccc(OC(F)F)cc2)nc2sc3c(c2c1=O)CC[C@H](C)C3. The third-order valence-electron chi connectivity index (χ3n) is 5.43. The predicted molar refractivity (Wildman–Crippen MR) is 123 cm³/mol. The molecule has 4 rings (SSSR count). The zero-order valence-electron chi connectivity index (χ0n) is 17.5. The zero-order chi connectivity index (χ0) is 22.8. The largest absolute Gasteiger partial charge is 0.435 e. The minimum absolute atomic E-state index is 0.00729. The van der Waals surface area contributed by atoms with E-state index in [-0.39, 0.29) is 22.8 Å². The lowest BCUT2D eigenvalue weighted by Gasteiger charge is -2.17. The molecule has 32 heavy (non-hydrogen) atoms. The molecule has 0 amide bonds. The Kier molecular flexibility index (Phi) is 6.76. The van der Waals surface area contributed by atoms with Crippen LogP contribution in [0.2, 0.25) is 0 Å². The number of Topliss-reactive ketones (excluding diaryl/α,β-unsaturated/α-hetero) is 1. The summed E-state index contributed by atoms with van der Waals surface area (Å²) in [4.78, 5) is 32.6. The van der Waals surface area contributed by atoms with Crippen LogP contribution < -0.4 is 10.3 Å². The van der Waals surface area contributed by atoms with Gasteiger partial charge in [0.15, 0.2) is 10.9 Å². The van der Waals surface area contributed by atoms with E-state index < -0.39 is 6.61 Å². The molecule has 5 nitrogen and oxygen atoms in total. The molecule has 168 valence electrons. The first-order valence-electron chi connectivity index (χ1n) is 10.2. The van der Waals surface area contributed by atoms with Gasteiger partial charge in [0.1, 0.15) is 10.6 Å². The summed E-state index contributed by atoms with van der Waals surface area (Å²) in [6, 6.07) is 5.56. The van der Waals surface area contributed by atoms with Crippen LogP contribution in [0.1, 0.15) is 34.1 Å². The van der Waals surface area contributed by atoms with Crippen molar-refractivity contribution in [2.24, 2.45) is 5.92 Å². The van der Waals surface area contributed by atoms with Crippen LogP contribution in [0.25, 0.3) is 10.2 Å². The quantitative estimate of drug-likeness (QED) is 0.190. The molecule has 1 aliphatic rings. The van der Waals surface area contributed by atoms with Crippen molar-refractivity contribution in [1.82, 2.24) is 9.55 Å². The maximum atomic E-state index is 13.3. The molecule has 0 radical (unpaired) electrons. The molecular weight excluding hydrogens is 454 g/mol. The number of aromatic nitrogens is 2. The normalized spacial score (nSPS) is 15.7. The fourth-order valence-electron chi connectivity index (χ4n) is 3.84. The Morgan fingerprint density at radius 2 is 2.16 bits per heavy atom. The number of rotatable bonds is 8. The number of hydrogen-bond donors (Lipinski definition) is 0. The third kappa shape index (κ3) is 4.63. The Balaban J connectivity index is 1.59. The highest BCUT2D eigenvalue weighted by Gasteiger charge is 2.24. The number of fused-ring (bicyclic) bond motifs is 3. The van der Waals surface area contributed by atoms with Crippen molar-refractivity contribution in [2.75, 3.05) is 5.75 Å². The number of nitrogens with zero attached hydrogens (tertiary/aromatic N) is 2. The van der Waals surface area contributed by atoms with Crippen LogP contribution in [-0.2, 0) is 19.4 Å². The molecule has 0 aliphatic heterocycles. The van der Waals surface area contributed by atoms with Gasteiger partial charge in [0.25, 0.3) is 5.56 Å². The molecule has 1 aliphatic carbocycles. The lowest BCUT2D eigenvalue weighted by atomic mass is 9.89. The second kappa shape index (κ2) is 9.54. The minimum Gasteiger partial charge on any atom is -0.435 e. The number of thioether (sulfide) groups is 1. The maximum Gasteiger partial charge on any atom is 0.387 e. The van der Waals surface area contributed by atoms with Gasteiger partial charge < -0.3 is 4.74 Å². The molecule has 0 N–H and O–H groups in total. The van der Waals surface area contributed by atoms with E-state index in [1.54, 1.807) is 22.0 Å². The zero-order valence-corrected chi connectivity index (χ0v) is 19.1. The molecule has 0 saturated heterocycles. The van der Waals surface area contributed by atoms with Crippen LogP contribution in [-0.4, -0.2) is 27.7 Å². The van der Waals surface area contributed by atoms with Gasteiger partial charge in [-0.2, -0.15) is 8.78 Å². The third-order valence-corrected chi connectivity index (χ3v) is 7.55. The highest BCUT2D eigenvalue weighted by molar-refractivity contribution is 7.99. The van der Waals surface area contributed by atoms with Gasteiger partial charge in [0.2, 0.25) is 0 Å². The van der Waals surface area contributed by atoms with Crippen molar-refractivity contribution in [3.63, 3.8) is 0 Å². The summed E-state index contributed by atoms with van der Waals surface area (Å²) in [5.41, 5.74) is 1.40. The van der Waals surface area contributed by atoms with Gasteiger partial charge in [-0.1, -0.05) is 24.8 Å². The Labute approximate surface area is 192 Å². The molecular formula is C23H22F2N2O3S2. The van der Waals surface area contributed by atoms with Crippen LogP contribution in [0.5, 0.6) is 5.75 Å². The monoisotopic (exact) mass is 476 g/mol. The molecule has 0 spiro atoms. The summed E-state index contributed by atoms with van der Waals surface area (Å²) in [5, 5.41) is 1.17. The summed E-state index contributed by atoms with van der Waals surface area (Å²) in [7, 11) is 0. The number of allylic oxidation sites excluding steroid dienone is 1. The number of ether oxygens (including phenoxy) is 1. The van der Waals surface area contributed by atoms with Crippen LogP contribution in [0, 0.1) is 5.92 Å². The van der Waals surface area contributed by atoms with E-state index in [0.717, 1.165) is 29.7 Å². The molecule has 3 aromatic rings. The van der Waals surface area contributed by atoms with E-state index in [2.05, 4.69) is 18.2 Å². The number of thiophene rings is 1. The summed E-state index contributed by atoms with van der Waals surface area (Å²) in [6.07, 6.45) is 4.55. The van der Waals surface area contributed by atoms with Gasteiger partial charge in [-0.05, 0) is 55.0 Å². The number of alkyl halides is 2. The van der Waals surface area contributed by atoms with Gasteiger partial charge in [-0.15, -0.1) is 17.9 Å². The van der Waals surface area contributed by atoms with Crippen LogP contribution in [0.4, 0.5) is 8.78 Å². The molecule has 9 heteroatoms. The van der Waals surface area contributed by atoms with Crippen LogP contribution >= 0.6 is 23.1 Å². The van der Waals surface area contributed by atoms with Crippen LogP contribution in [0.15, 0.2) is 46.9 Å². The van der Waals surface area contributed by atoms with Gasteiger partial charge in [-0.3, -0.25) is 14.2 Å². The van der Waals surface area contributed by atoms with Crippen molar-refractivity contribution in [2.45, 2.75) is 44.5 Å². The smallest absolute Gasteiger partial charge is 0.387 e. The van der Waals surface area contributed by atoms with E-state index in [1.807, 2.05) is 0 Å². The van der Waals surface area contributed by atoms with E-state index >= 15 is 0 Å². The van der Waals surface area contributed by atoms with Gasteiger partial charge >= 0.3 is 6.61 Å². The first-order valence-corrected chi connectivity index (χ1v) is 12.0. The number of carbonyl (C=O) groups is 1. The standard InChI is InChI=1S/C23H22F2N2O3S2/c1-3-10-27-21(29)19-16-9-4-13(2)11-18(16)32-20(19)26-23(27)31-12-17(28)14-5-7-15(8-6-14)30-22(24)25/h3,5-8,13,22H,1,4,9-12H2,2H3/t13-/m0/s1. The minimum atomic E-state index is -2.92. The van der Waals surface area contributed by atoms with E-state index in [4.69, 9.17) is 4.98 Å². The number of carbonyl (C=O) groups excluding carboxylic acids is 1. The fraction of sp³-hybridized carbons (Fsp3) is 0.348. The fourth-order valence-corrected chi connectivity index (χ4v) is 6.17. The molecule has 1 atom stereocenters. The van der Waals surface area contributed by atoms with E-state index in [0.29, 0.717) is 28.6 Å². The van der Waals surface area contributed by atoms with Gasteiger partial charge in [0, 0.05) is 17.0 Å². The van der Waals surface area contributed by atoms with Crippen molar-refractivity contribution in [3.05, 3.63) is 63.3 Å². The molecule has 2 aromatic heterocycles. The second-order valence-corrected chi connectivity index (χ2v) is 9.77. The summed E-state index contributed by atoms with van der Waals surface area (Å²) >= 11 is 2.76. The van der Waals surface area contributed by atoms with E-state index in [1.165, 1.54) is 40.9 Å². The van der Waals surface area contributed by atoms with Crippen LogP contribution in [0.3, 0.4) is 0 Å². The Morgan fingerprint density at radius 3 is 2.84 bits per heavy atom. The van der Waals surface area contributed by atoms with E-state index in [9.17, 15) is 18.4 Å². The Bertz CT molecular complexity index is 1220. The highest BCUT2D eigenvalue weighted by atomic mass is 32.2. The lowest BCUT2D eigenvalue weighted by molar-refractivity contribution is -0.0498. The number of hydrogen-bond acceptors (Lipinski definition) is 6. The topological polar surface area (TPSA) is 61.2 Å². The lowest BCUT2D eigenvalue weighted by Crippen LogP contribution is -2.24. The van der Waals surface area contributed by atoms with Gasteiger partial charge in [0.05, 0.1) is 11.1 Å². The maximum absolute atomic E-state index is 13.3. The summed E-state index contributed by atoms with van der Waals surface area (Å²) in [6.45, 7) is 3.36. The van der Waals surface area contributed by atoms with Crippen molar-refractivity contribution in [3.8, 4) is 5.75 Å².